The van der Waals surface area contributed by atoms with Crippen LogP contribution in [-0.4, -0.2) is 23.2 Å². The molecule has 6 nitrogen and oxygen atoms in total. The highest BCUT2D eigenvalue weighted by Crippen LogP contribution is 2.28. The lowest BCUT2D eigenvalue weighted by atomic mass is 9.92. The zero-order valence-corrected chi connectivity index (χ0v) is 15.1. The van der Waals surface area contributed by atoms with Crippen molar-refractivity contribution in [2.45, 2.75) is 57.5 Å². The first kappa shape index (κ1) is 17.6. The van der Waals surface area contributed by atoms with Crippen molar-refractivity contribution in [3.05, 3.63) is 42.0 Å². The maximum atomic E-state index is 12.7. The quantitative estimate of drug-likeness (QED) is 0.910. The second kappa shape index (κ2) is 6.41. The first-order valence-electron chi connectivity index (χ1n) is 7.59. The molecular weight excluding hydrogens is 312 g/mol. The standard InChI is InChI=1S/C16H24N4O2S/c1-12(2)20-11-14(15(19-20)16(3,4)5)23(21,22)18-10-13-6-8-17-9-7-13/h6-9,11-12,18H,10H2,1-5H3. The summed E-state index contributed by atoms with van der Waals surface area (Å²) in [6, 6.07) is 3.66. The molecule has 0 fully saturated rings. The number of rotatable bonds is 5. The maximum Gasteiger partial charge on any atom is 0.244 e. The van der Waals surface area contributed by atoms with Gasteiger partial charge < -0.3 is 0 Å². The van der Waals surface area contributed by atoms with Crippen LogP contribution in [0.15, 0.2) is 35.6 Å². The van der Waals surface area contributed by atoms with E-state index in [4.69, 9.17) is 0 Å². The van der Waals surface area contributed by atoms with Gasteiger partial charge in [-0.15, -0.1) is 0 Å². The van der Waals surface area contributed by atoms with Crippen LogP contribution in [0.1, 0.15) is 51.9 Å². The van der Waals surface area contributed by atoms with Crippen molar-refractivity contribution < 1.29 is 8.42 Å². The zero-order valence-electron chi connectivity index (χ0n) is 14.2. The van der Waals surface area contributed by atoms with E-state index in [1.807, 2.05) is 34.6 Å². The first-order valence-corrected chi connectivity index (χ1v) is 9.08. The molecule has 0 amide bonds. The van der Waals surface area contributed by atoms with Crippen LogP contribution in [0.2, 0.25) is 0 Å². The number of hydrogen-bond acceptors (Lipinski definition) is 4. The van der Waals surface area contributed by atoms with E-state index in [2.05, 4.69) is 14.8 Å². The van der Waals surface area contributed by atoms with Crippen LogP contribution < -0.4 is 4.72 Å². The van der Waals surface area contributed by atoms with Crippen molar-refractivity contribution in [2.75, 3.05) is 0 Å². The molecule has 7 heteroatoms. The Balaban J connectivity index is 2.35. The molecule has 2 aromatic rings. The van der Waals surface area contributed by atoms with Gasteiger partial charge in [-0.2, -0.15) is 5.10 Å². The smallest absolute Gasteiger partial charge is 0.244 e. The topological polar surface area (TPSA) is 76.9 Å². The van der Waals surface area contributed by atoms with E-state index >= 15 is 0 Å². The summed E-state index contributed by atoms with van der Waals surface area (Å²) in [4.78, 5) is 4.17. The molecule has 0 spiro atoms. The molecule has 0 bridgehead atoms. The van der Waals surface area contributed by atoms with Crippen molar-refractivity contribution in [2.24, 2.45) is 0 Å². The summed E-state index contributed by atoms with van der Waals surface area (Å²) < 4.78 is 29.8. The number of nitrogens with zero attached hydrogens (tertiary/aromatic N) is 3. The molecule has 23 heavy (non-hydrogen) atoms. The monoisotopic (exact) mass is 336 g/mol. The molecule has 0 atom stereocenters. The van der Waals surface area contributed by atoms with E-state index in [1.54, 1.807) is 35.4 Å². The zero-order chi connectivity index (χ0) is 17.3. The van der Waals surface area contributed by atoms with Crippen molar-refractivity contribution >= 4 is 10.0 Å². The molecule has 1 N–H and O–H groups in total. The molecule has 0 unspecified atom stereocenters. The molecule has 2 aromatic heterocycles. The minimum absolute atomic E-state index is 0.0975. The molecule has 0 aliphatic rings. The lowest BCUT2D eigenvalue weighted by molar-refractivity contribution is 0.493. The molecule has 0 saturated heterocycles. The SMILES string of the molecule is CC(C)n1cc(S(=O)(=O)NCc2ccncc2)c(C(C)(C)C)n1. The molecule has 2 heterocycles. The molecule has 126 valence electrons. The number of nitrogens with one attached hydrogen (secondary N) is 1. The Kier molecular flexibility index (Phi) is 4.91. The van der Waals surface area contributed by atoms with E-state index in [0.29, 0.717) is 5.69 Å². The highest BCUT2D eigenvalue weighted by molar-refractivity contribution is 7.89. The van der Waals surface area contributed by atoms with Gasteiger partial charge in [-0.3, -0.25) is 9.67 Å². The molecule has 0 radical (unpaired) electrons. The van der Waals surface area contributed by atoms with E-state index in [1.165, 1.54) is 0 Å². The summed E-state index contributed by atoms with van der Waals surface area (Å²) in [6.07, 6.45) is 4.89. The Morgan fingerprint density at radius 3 is 2.35 bits per heavy atom. The average molecular weight is 336 g/mol. The van der Waals surface area contributed by atoms with E-state index in [0.717, 1.165) is 5.56 Å². The van der Waals surface area contributed by atoms with Crippen LogP contribution in [-0.2, 0) is 22.0 Å². The van der Waals surface area contributed by atoms with Gasteiger partial charge in [0.1, 0.15) is 4.90 Å². The van der Waals surface area contributed by atoms with E-state index < -0.39 is 10.0 Å². The molecule has 0 aliphatic carbocycles. The van der Waals surface area contributed by atoms with Crippen LogP contribution in [0.4, 0.5) is 0 Å². The Morgan fingerprint density at radius 1 is 1.22 bits per heavy atom. The van der Waals surface area contributed by atoms with Gasteiger partial charge in [0.05, 0.1) is 5.69 Å². The summed E-state index contributed by atoms with van der Waals surface area (Å²) in [5.74, 6) is 0. The van der Waals surface area contributed by atoms with Crippen molar-refractivity contribution in [3.63, 3.8) is 0 Å². The van der Waals surface area contributed by atoms with Gasteiger partial charge in [-0.05, 0) is 31.5 Å². The fourth-order valence-corrected chi connectivity index (χ4v) is 3.47. The van der Waals surface area contributed by atoms with Gasteiger partial charge in [-0.25, -0.2) is 13.1 Å². The lowest BCUT2D eigenvalue weighted by Gasteiger charge is -2.17. The number of sulfonamides is 1. The van der Waals surface area contributed by atoms with Crippen molar-refractivity contribution in [3.8, 4) is 0 Å². The van der Waals surface area contributed by atoms with Crippen molar-refractivity contribution in [1.29, 1.82) is 0 Å². The van der Waals surface area contributed by atoms with Gasteiger partial charge in [0.2, 0.25) is 10.0 Å². The van der Waals surface area contributed by atoms with Crippen LogP contribution in [0.25, 0.3) is 0 Å². The van der Waals surface area contributed by atoms with Gasteiger partial charge in [0.25, 0.3) is 0 Å². The Morgan fingerprint density at radius 2 is 1.83 bits per heavy atom. The molecular formula is C16H24N4O2S. The van der Waals surface area contributed by atoms with Crippen LogP contribution in [0.3, 0.4) is 0 Å². The second-order valence-electron chi connectivity index (χ2n) is 6.85. The minimum Gasteiger partial charge on any atom is -0.269 e. The van der Waals surface area contributed by atoms with Crippen molar-refractivity contribution in [1.82, 2.24) is 19.5 Å². The highest BCUT2D eigenvalue weighted by atomic mass is 32.2. The number of aromatic nitrogens is 3. The van der Waals surface area contributed by atoms with Gasteiger partial charge in [-0.1, -0.05) is 20.8 Å². The van der Waals surface area contributed by atoms with Gasteiger partial charge in [0, 0.05) is 36.6 Å². The normalized spacial score (nSPS) is 12.8. The fourth-order valence-electron chi connectivity index (χ4n) is 2.11. The van der Waals surface area contributed by atoms with Crippen LogP contribution in [0, 0.1) is 0 Å². The van der Waals surface area contributed by atoms with Crippen LogP contribution >= 0.6 is 0 Å². The summed E-state index contributed by atoms with van der Waals surface area (Å²) in [7, 11) is -3.64. The summed E-state index contributed by atoms with van der Waals surface area (Å²) in [6.45, 7) is 10.0. The van der Waals surface area contributed by atoms with Gasteiger partial charge >= 0.3 is 0 Å². The first-order chi connectivity index (χ1) is 10.6. The molecule has 0 saturated carbocycles. The van der Waals surface area contributed by atoms with E-state index in [-0.39, 0.29) is 22.9 Å². The fraction of sp³-hybridized carbons (Fsp3) is 0.500. The van der Waals surface area contributed by atoms with E-state index in [9.17, 15) is 8.42 Å². The third kappa shape index (κ3) is 4.17. The molecule has 0 aliphatic heterocycles. The summed E-state index contributed by atoms with van der Waals surface area (Å²) >= 11 is 0. The molecule has 2 rings (SSSR count). The second-order valence-corrected chi connectivity index (χ2v) is 8.58. The Hall–Kier alpha value is -1.73. The Bertz CT molecular complexity index is 759. The summed E-state index contributed by atoms with van der Waals surface area (Å²) in [5.41, 5.74) is 1.08. The highest BCUT2D eigenvalue weighted by Gasteiger charge is 2.30. The minimum atomic E-state index is -3.64. The summed E-state index contributed by atoms with van der Waals surface area (Å²) in [5, 5.41) is 4.49. The third-order valence-corrected chi connectivity index (χ3v) is 4.85. The van der Waals surface area contributed by atoms with Gasteiger partial charge in [0.15, 0.2) is 0 Å². The van der Waals surface area contributed by atoms with Crippen LogP contribution in [0.5, 0.6) is 0 Å². The molecule has 0 aromatic carbocycles. The average Bonchev–Trinajstić information content (AvgIpc) is 2.93. The number of hydrogen-bond donors (Lipinski definition) is 1. The third-order valence-electron chi connectivity index (χ3n) is 3.44. The number of pyridine rings is 1. The Labute approximate surface area is 138 Å². The maximum absolute atomic E-state index is 12.7. The predicted octanol–water partition coefficient (Wildman–Crippen LogP) is 2.64. The predicted molar refractivity (Wildman–Crippen MR) is 89.6 cm³/mol. The lowest BCUT2D eigenvalue weighted by Crippen LogP contribution is -2.26. The largest absolute Gasteiger partial charge is 0.269 e.